The summed E-state index contributed by atoms with van der Waals surface area (Å²) in [6, 6.07) is 0. The van der Waals surface area contributed by atoms with Gasteiger partial charge in [0.15, 0.2) is 17.3 Å². The molecular formula is C46H52O8. The fourth-order valence-electron chi connectivity index (χ4n) is 13.1. The number of allylic oxidation sites excluding steroid dienone is 12. The molecule has 8 nitrogen and oxygen atoms in total. The quantitative estimate of drug-likeness (QED) is 0.251. The molecule has 54 heavy (non-hydrogen) atoms. The highest BCUT2D eigenvalue weighted by molar-refractivity contribution is 6.08. The van der Waals surface area contributed by atoms with E-state index in [1.165, 1.54) is 25.5 Å². The van der Waals surface area contributed by atoms with Crippen molar-refractivity contribution < 1.29 is 39.2 Å². The third-order valence-electron chi connectivity index (χ3n) is 15.2. The molecule has 8 bridgehead atoms. The molecule has 12 aliphatic carbocycles. The van der Waals surface area contributed by atoms with Crippen LogP contribution < -0.4 is 0 Å². The zero-order valence-corrected chi connectivity index (χ0v) is 30.7. The second-order valence-electron chi connectivity index (χ2n) is 17.8. The molecule has 0 aromatic rings. The van der Waals surface area contributed by atoms with E-state index in [1.54, 1.807) is 24.3 Å². The van der Waals surface area contributed by atoms with Crippen LogP contribution in [0.25, 0.3) is 0 Å². The smallest absolute Gasteiger partial charge is 0.303 e. The number of ether oxygens (including phenoxy) is 1. The Bertz CT molecular complexity index is 1750. The molecule has 0 spiro atoms. The van der Waals surface area contributed by atoms with Gasteiger partial charge >= 0.3 is 5.97 Å². The SMILES string of the molecule is CC(=O)O[C@@H]1C=C[C@H](O)[C@H]2[C@@H]1[C@H]1C=C[C@@H]2C1.O=C1C=CC(=O)[C@H]2[C@@H]1[C@H]1C=C[C@@H]2C1.O=C1C=CC[C@@H]2[C@H]1[C@@H]1C=C[C@H]2C1.O[C@@H]1C=C[C@H](O)[C@H]2[C@@H]1[C@H]1C=C[C@@H]2C1. The van der Waals surface area contributed by atoms with Gasteiger partial charge in [0.1, 0.15) is 6.10 Å². The first-order valence-electron chi connectivity index (χ1n) is 20.3. The van der Waals surface area contributed by atoms with Gasteiger partial charge in [-0.1, -0.05) is 72.9 Å². The average molecular weight is 733 g/mol. The van der Waals surface area contributed by atoms with Gasteiger partial charge in [-0.05, 0) is 110 Å². The van der Waals surface area contributed by atoms with Gasteiger partial charge in [-0.15, -0.1) is 0 Å². The second-order valence-corrected chi connectivity index (χ2v) is 17.8. The van der Waals surface area contributed by atoms with Crippen LogP contribution in [0.5, 0.6) is 0 Å². The predicted octanol–water partition coefficient (Wildman–Crippen LogP) is 5.09. The third-order valence-corrected chi connectivity index (χ3v) is 15.2. The number of carbonyl (C=O) groups is 4. The maximum Gasteiger partial charge on any atom is 0.303 e. The molecular weight excluding hydrogens is 680 g/mol. The van der Waals surface area contributed by atoms with Gasteiger partial charge in [0, 0.05) is 48.3 Å². The van der Waals surface area contributed by atoms with Crippen LogP contribution in [-0.4, -0.2) is 63.1 Å². The molecule has 8 heteroatoms. The summed E-state index contributed by atoms with van der Waals surface area (Å²) in [5.74, 6) is 6.40. The highest BCUT2D eigenvalue weighted by Gasteiger charge is 2.54. The zero-order valence-electron chi connectivity index (χ0n) is 30.7. The minimum absolute atomic E-state index is 0.0208. The number of rotatable bonds is 1. The van der Waals surface area contributed by atoms with Crippen molar-refractivity contribution in [1.82, 2.24) is 0 Å². The highest BCUT2D eigenvalue weighted by Crippen LogP contribution is 2.55. The number of fused-ring (bicyclic) bond motifs is 20. The fraction of sp³-hybridized carbons (Fsp3) is 0.565. The molecule has 4 fully saturated rings. The first-order valence-corrected chi connectivity index (χ1v) is 20.3. The van der Waals surface area contributed by atoms with E-state index < -0.39 is 0 Å². The predicted molar refractivity (Wildman–Crippen MR) is 201 cm³/mol. The number of hydrogen-bond donors (Lipinski definition) is 3. The zero-order chi connectivity index (χ0) is 37.4. The summed E-state index contributed by atoms with van der Waals surface area (Å²) < 4.78 is 5.34. The summed E-state index contributed by atoms with van der Waals surface area (Å²) in [4.78, 5) is 45.7. The van der Waals surface area contributed by atoms with Crippen molar-refractivity contribution in [2.24, 2.45) is 94.7 Å². The molecule has 0 aromatic heterocycles. The summed E-state index contributed by atoms with van der Waals surface area (Å²) in [7, 11) is 0. The molecule has 20 atom stereocenters. The Balaban J connectivity index is 0.0000000954. The van der Waals surface area contributed by atoms with Crippen LogP contribution in [0.1, 0.15) is 39.0 Å². The van der Waals surface area contributed by atoms with E-state index in [1.807, 2.05) is 6.08 Å². The lowest BCUT2D eigenvalue weighted by Crippen LogP contribution is -2.41. The van der Waals surface area contributed by atoms with Crippen molar-refractivity contribution in [2.75, 3.05) is 0 Å². The van der Waals surface area contributed by atoms with Gasteiger partial charge in [0.05, 0.1) is 18.3 Å². The van der Waals surface area contributed by atoms with E-state index in [2.05, 4.69) is 54.7 Å². The number of aliphatic hydroxyl groups is 3. The Kier molecular flexibility index (Phi) is 9.38. The van der Waals surface area contributed by atoms with Crippen LogP contribution in [-0.2, 0) is 23.9 Å². The number of ketones is 3. The Labute approximate surface area is 317 Å². The van der Waals surface area contributed by atoms with Crippen molar-refractivity contribution in [3.05, 3.63) is 97.2 Å². The molecule has 12 aliphatic rings. The third kappa shape index (κ3) is 6.08. The average Bonchev–Trinajstić information content (AvgIpc) is 4.02. The molecule has 0 aliphatic heterocycles. The summed E-state index contributed by atoms with van der Waals surface area (Å²) >= 11 is 0. The maximum absolute atomic E-state index is 11.5. The van der Waals surface area contributed by atoms with Gasteiger partial charge in [-0.3, -0.25) is 19.2 Å². The van der Waals surface area contributed by atoms with Crippen LogP contribution in [0.4, 0.5) is 0 Å². The van der Waals surface area contributed by atoms with E-state index in [4.69, 9.17) is 4.74 Å². The largest absolute Gasteiger partial charge is 0.458 e. The lowest BCUT2D eigenvalue weighted by atomic mass is 9.73. The molecule has 0 aromatic carbocycles. The summed E-state index contributed by atoms with van der Waals surface area (Å²) in [6.07, 6.45) is 35.9. The Morgan fingerprint density at radius 2 is 0.889 bits per heavy atom. The highest BCUT2D eigenvalue weighted by atomic mass is 16.5. The second kappa shape index (κ2) is 14.1. The first kappa shape index (κ1) is 35.9. The summed E-state index contributed by atoms with van der Waals surface area (Å²) in [5.41, 5.74) is 0. The molecule has 3 N–H and O–H groups in total. The lowest BCUT2D eigenvalue weighted by molar-refractivity contribution is -0.149. The normalized spacial score (nSPS) is 49.8. The summed E-state index contributed by atoms with van der Waals surface area (Å²) in [5, 5.41) is 29.6. The molecule has 0 saturated heterocycles. The van der Waals surface area contributed by atoms with Crippen molar-refractivity contribution >= 4 is 23.3 Å². The topological polar surface area (TPSA) is 138 Å². The van der Waals surface area contributed by atoms with E-state index in [-0.39, 0.29) is 77.5 Å². The van der Waals surface area contributed by atoms with Crippen LogP contribution in [0.2, 0.25) is 0 Å². The minimum Gasteiger partial charge on any atom is -0.458 e. The molecule has 4 saturated carbocycles. The first-order chi connectivity index (χ1) is 26.1. The van der Waals surface area contributed by atoms with Gasteiger partial charge < -0.3 is 20.1 Å². The van der Waals surface area contributed by atoms with Crippen molar-refractivity contribution in [2.45, 2.75) is 63.4 Å². The number of hydrogen-bond acceptors (Lipinski definition) is 8. The Hall–Kier alpha value is -3.72. The van der Waals surface area contributed by atoms with Crippen molar-refractivity contribution in [3.8, 4) is 0 Å². The monoisotopic (exact) mass is 732 g/mol. The van der Waals surface area contributed by atoms with Crippen LogP contribution in [0.15, 0.2) is 97.2 Å². The number of esters is 1. The maximum atomic E-state index is 11.5. The van der Waals surface area contributed by atoms with E-state index >= 15 is 0 Å². The fourth-order valence-corrected chi connectivity index (χ4v) is 13.1. The standard InChI is InChI=1S/C13H16O3.C11H14O2.C11H10O2.C11H12O/c1-7(14)16-11-5-4-10(15)12-8-2-3-9(6-8)13(11)12;2*12-8-3-4-9(13)11-7-2-1-6(5-7)10(8)11;12-10-3-1-2-9-7-4-5-8(6-7)11(9)10/h2-5,8-13,15H,6H2,1H3;1-4,6-13H,5H2;1-4,6-7,10-11H,5H2;1,3-5,7-9,11H,2,6H2/t8-,9+,10+,11-,12+,13-;6-,7+,8+,9-,10+,11-;6-,7+,10+,11-;7-,8+,9-,11+/m1..0/s1. The van der Waals surface area contributed by atoms with Crippen LogP contribution in [0.3, 0.4) is 0 Å². The molecule has 12 rings (SSSR count). The van der Waals surface area contributed by atoms with Gasteiger partial charge in [0.2, 0.25) is 0 Å². The molecule has 0 amide bonds. The minimum atomic E-state index is -0.378. The summed E-state index contributed by atoms with van der Waals surface area (Å²) in [6.45, 7) is 1.44. The molecule has 0 heterocycles. The Morgan fingerprint density at radius 1 is 0.500 bits per heavy atom. The van der Waals surface area contributed by atoms with Crippen molar-refractivity contribution in [1.29, 1.82) is 0 Å². The molecule has 284 valence electrons. The number of aliphatic hydroxyl groups excluding tert-OH is 3. The van der Waals surface area contributed by atoms with Crippen LogP contribution in [0, 0.1) is 94.7 Å². The number of carbonyl (C=O) groups excluding carboxylic acids is 4. The molecule has 0 unspecified atom stereocenters. The van der Waals surface area contributed by atoms with E-state index in [0.29, 0.717) is 65.0 Å². The van der Waals surface area contributed by atoms with Gasteiger partial charge in [-0.2, -0.15) is 0 Å². The van der Waals surface area contributed by atoms with E-state index in [9.17, 15) is 34.5 Å². The van der Waals surface area contributed by atoms with E-state index in [0.717, 1.165) is 25.7 Å². The lowest BCUT2D eigenvalue weighted by Gasteiger charge is -2.37. The Morgan fingerprint density at radius 3 is 1.41 bits per heavy atom. The van der Waals surface area contributed by atoms with Gasteiger partial charge in [-0.25, -0.2) is 0 Å². The van der Waals surface area contributed by atoms with Crippen molar-refractivity contribution in [3.63, 3.8) is 0 Å². The van der Waals surface area contributed by atoms with Crippen LogP contribution >= 0.6 is 0 Å². The van der Waals surface area contributed by atoms with Gasteiger partial charge in [0.25, 0.3) is 0 Å². The molecule has 0 radical (unpaired) electrons.